The third-order valence-electron chi connectivity index (χ3n) is 14.1. The Balaban J connectivity index is 0.000000205. The molecule has 2 N–H and O–H groups in total. The lowest BCUT2D eigenvalue weighted by Gasteiger charge is -2.30. The minimum atomic E-state index is -1.42. The summed E-state index contributed by atoms with van der Waals surface area (Å²) in [6.07, 6.45) is -0.484. The molecule has 30 heteroatoms. The van der Waals surface area contributed by atoms with E-state index in [4.69, 9.17) is 51.0 Å². The molecule has 0 aromatic carbocycles. The lowest BCUT2D eigenvalue weighted by molar-refractivity contribution is -0.176. The number of carboxylic acids is 2. The molecule has 14 atom stereocenters. The van der Waals surface area contributed by atoms with Crippen molar-refractivity contribution in [1.82, 2.24) is 0 Å². The molecular formula is C54H58N2O28. The molecule has 0 aromatic rings. The fraction of sp³-hybridized carbons (Fsp3) is 0.556. The molecule has 8 fully saturated rings. The standard InChI is InChI=1S/C14H15NO6.C14H16O8.C13H13NO6.C13H14O8/c1-8(2)12(17)19-7-11(16)20-10-5-4-9-6-14(10,15-3)21-13(9)18;1-6(2)13(18)20-5-10(15)22-11-8(12(16)17)3-7-4-9(11)21-14(7)19;1-3-10(15)18-7-11(16)19-9-5-4-8-6-13(9,14-2)20-12(8)17;1-2-9(14)19-5-10(15)21-11-7(12(16)17)3-6-4-8(11)20-13(6)18/h9-10H,1,4-7H2,2H3;7-9,11H,1,3-5H2,2H3,(H,16,17);3,8-9H,1,4-7H2;2,6-8,11H,1,3-5H2,(H,16,17). The van der Waals surface area contributed by atoms with Crippen LogP contribution in [0.25, 0.3) is 9.69 Å². The SMILES string of the molecule is C=C(C)C(=O)OCC(=O)OC1C2CC(CC1C(=O)O)C(=O)O2.C=CC(=O)OCC(=O)OC1C2CC(CC1C(=O)O)C(=O)O2.[C-]#[N+]C12CC(CCC1OC(=O)COC(=O)C(=C)C)C(=O)O2.[C-]#[N+]C12CC(CCC1OC(=O)COC(=O)C=C)C(=O)O2. The van der Waals surface area contributed by atoms with E-state index in [9.17, 15) is 77.3 Å². The molecule has 0 amide bonds. The highest BCUT2D eigenvalue weighted by Gasteiger charge is 2.65. The molecule has 4 saturated carbocycles. The van der Waals surface area contributed by atoms with E-state index in [1.165, 1.54) is 13.8 Å². The minimum Gasteiger partial charge on any atom is -0.481 e. The Morgan fingerprint density at radius 3 is 1.17 bits per heavy atom. The summed E-state index contributed by atoms with van der Waals surface area (Å²) in [4.78, 5) is 166. The Bertz CT molecular complexity index is 2840. The third-order valence-corrected chi connectivity index (χ3v) is 14.1. The summed E-state index contributed by atoms with van der Waals surface area (Å²) >= 11 is 0. The first kappa shape index (κ1) is 65.3. The first-order valence-corrected chi connectivity index (χ1v) is 25.7. The van der Waals surface area contributed by atoms with E-state index >= 15 is 0 Å². The van der Waals surface area contributed by atoms with Gasteiger partial charge in [-0.25, -0.2) is 51.5 Å². The fourth-order valence-electron chi connectivity index (χ4n) is 10.0. The van der Waals surface area contributed by atoms with Crippen LogP contribution in [0.1, 0.15) is 78.1 Å². The van der Waals surface area contributed by atoms with Crippen molar-refractivity contribution in [3.63, 3.8) is 0 Å². The number of esters is 12. The first-order valence-electron chi connectivity index (χ1n) is 25.7. The van der Waals surface area contributed by atoms with E-state index in [0.717, 1.165) is 12.2 Å². The predicted octanol–water partition coefficient (Wildman–Crippen LogP) is 1.31. The van der Waals surface area contributed by atoms with Gasteiger partial charge in [0.15, 0.2) is 38.6 Å². The van der Waals surface area contributed by atoms with Crippen molar-refractivity contribution in [2.24, 2.45) is 35.5 Å². The van der Waals surface area contributed by atoms with Crippen molar-refractivity contribution in [3.8, 4) is 0 Å². The van der Waals surface area contributed by atoms with E-state index in [0.29, 0.717) is 38.5 Å². The van der Waals surface area contributed by atoms with Gasteiger partial charge in [-0.05, 0) is 52.4 Å². The van der Waals surface area contributed by atoms with E-state index in [-0.39, 0.29) is 48.7 Å². The second kappa shape index (κ2) is 28.5. The Morgan fingerprint density at radius 1 is 0.524 bits per heavy atom. The van der Waals surface area contributed by atoms with Gasteiger partial charge in [-0.2, -0.15) is 0 Å². The predicted molar refractivity (Wildman–Crippen MR) is 266 cm³/mol. The summed E-state index contributed by atoms with van der Waals surface area (Å²) in [5.74, 6) is -14.0. The number of hydrogen-bond acceptors (Lipinski definition) is 26. The highest BCUT2D eigenvalue weighted by Crippen LogP contribution is 2.47. The molecule has 4 aliphatic carbocycles. The van der Waals surface area contributed by atoms with Crippen molar-refractivity contribution in [2.45, 2.75) is 126 Å². The first-order chi connectivity index (χ1) is 39.6. The summed E-state index contributed by atoms with van der Waals surface area (Å²) in [7, 11) is 0. The lowest BCUT2D eigenvalue weighted by Crippen LogP contribution is -2.44. The molecule has 0 radical (unpaired) electrons. The van der Waals surface area contributed by atoms with Crippen LogP contribution in [0.4, 0.5) is 0 Å². The quantitative estimate of drug-likeness (QED) is 0.0845. The second-order valence-corrected chi connectivity index (χ2v) is 20.1. The third kappa shape index (κ3) is 16.4. The number of carboxylic acid groups (broad SMARTS) is 2. The van der Waals surface area contributed by atoms with E-state index in [2.05, 4.69) is 55.0 Å². The Morgan fingerprint density at radius 2 is 0.857 bits per heavy atom. The summed E-state index contributed by atoms with van der Waals surface area (Å²) in [6, 6.07) is 0. The summed E-state index contributed by atoms with van der Waals surface area (Å²) < 4.78 is 59.0. The van der Waals surface area contributed by atoms with Crippen LogP contribution in [-0.2, 0) is 124 Å². The lowest BCUT2D eigenvalue weighted by atomic mass is 9.79. The molecule has 4 aliphatic heterocycles. The Labute approximate surface area is 477 Å². The van der Waals surface area contributed by atoms with Gasteiger partial charge in [0, 0.05) is 36.1 Å². The number of carbonyl (C=O) groups is 14. The second-order valence-electron chi connectivity index (χ2n) is 20.1. The maximum atomic E-state index is 11.7. The monoisotopic (exact) mass is 1180 g/mol. The smallest absolute Gasteiger partial charge is 0.415 e. The zero-order valence-corrected chi connectivity index (χ0v) is 45.2. The molecule has 84 heavy (non-hydrogen) atoms. The van der Waals surface area contributed by atoms with Crippen LogP contribution in [0.5, 0.6) is 0 Å². The normalized spacial score (nSPS) is 30.1. The van der Waals surface area contributed by atoms with Crippen molar-refractivity contribution >= 4 is 83.6 Å². The number of nitrogens with zero attached hydrogens (tertiary/aromatic N) is 2. The summed E-state index contributed by atoms with van der Waals surface area (Å²) in [5.41, 5.74) is -2.54. The number of carbonyl (C=O) groups excluding carboxylic acids is 12. The number of ether oxygens (including phenoxy) is 12. The van der Waals surface area contributed by atoms with Crippen LogP contribution in [0.3, 0.4) is 0 Å². The molecule has 14 unspecified atom stereocenters. The molecule has 0 aromatic heterocycles. The Kier molecular flexibility index (Phi) is 22.1. The van der Waals surface area contributed by atoms with Crippen LogP contribution in [0.15, 0.2) is 49.6 Å². The fourth-order valence-corrected chi connectivity index (χ4v) is 10.0. The molecule has 4 heterocycles. The van der Waals surface area contributed by atoms with Crippen LogP contribution in [0, 0.1) is 48.7 Å². The molecule has 8 bridgehead atoms. The van der Waals surface area contributed by atoms with E-state index in [1.54, 1.807) is 0 Å². The van der Waals surface area contributed by atoms with Crippen LogP contribution in [0.2, 0.25) is 0 Å². The maximum absolute atomic E-state index is 11.7. The highest BCUT2D eigenvalue weighted by atomic mass is 16.7. The van der Waals surface area contributed by atoms with Gasteiger partial charge in [0.2, 0.25) is 12.2 Å². The van der Waals surface area contributed by atoms with Gasteiger partial charge >= 0.3 is 95.0 Å². The summed E-state index contributed by atoms with van der Waals surface area (Å²) in [5, 5.41) is 18.4. The average molecular weight is 1180 g/mol. The number of aliphatic carboxylic acids is 2. The number of hydrogen-bond donors (Lipinski definition) is 2. The van der Waals surface area contributed by atoms with E-state index < -0.39 is 182 Å². The molecule has 30 nitrogen and oxygen atoms in total. The van der Waals surface area contributed by atoms with Gasteiger partial charge in [0.1, 0.15) is 12.2 Å². The van der Waals surface area contributed by atoms with Crippen molar-refractivity contribution in [3.05, 3.63) is 72.4 Å². The highest BCUT2D eigenvalue weighted by molar-refractivity contribution is 5.90. The maximum Gasteiger partial charge on any atom is 0.415 e. The van der Waals surface area contributed by atoms with Crippen LogP contribution < -0.4 is 0 Å². The zero-order chi connectivity index (χ0) is 62.4. The summed E-state index contributed by atoms with van der Waals surface area (Å²) in [6.45, 7) is 28.0. The minimum absolute atomic E-state index is 0.0637. The van der Waals surface area contributed by atoms with Crippen molar-refractivity contribution in [1.29, 1.82) is 0 Å². The zero-order valence-electron chi connectivity index (χ0n) is 45.2. The van der Waals surface area contributed by atoms with Gasteiger partial charge in [-0.15, -0.1) is 0 Å². The average Bonchev–Trinajstić information content (AvgIpc) is 2.52. The molecule has 4 saturated heterocycles. The van der Waals surface area contributed by atoms with Crippen LogP contribution >= 0.6 is 0 Å². The molecular weight excluding hydrogens is 1120 g/mol. The van der Waals surface area contributed by atoms with Gasteiger partial charge in [0.25, 0.3) is 0 Å². The van der Waals surface area contributed by atoms with Gasteiger partial charge < -0.3 is 67.1 Å². The van der Waals surface area contributed by atoms with Crippen molar-refractivity contribution < 1.29 is 134 Å². The Hall–Kier alpha value is -9.48. The molecule has 8 rings (SSSR count). The number of fused-ring (bicyclic) bond motifs is 8. The topological polar surface area (TPSA) is 399 Å². The van der Waals surface area contributed by atoms with E-state index in [1.807, 2.05) is 0 Å². The van der Waals surface area contributed by atoms with Crippen LogP contribution in [-0.4, -0.2) is 168 Å². The van der Waals surface area contributed by atoms with Gasteiger partial charge in [-0.1, -0.05) is 26.3 Å². The van der Waals surface area contributed by atoms with Gasteiger partial charge in [0.05, 0.1) is 48.3 Å². The van der Waals surface area contributed by atoms with Gasteiger partial charge in [-0.3, -0.25) is 38.5 Å². The molecule has 0 spiro atoms. The molecule has 452 valence electrons. The van der Waals surface area contributed by atoms with Crippen molar-refractivity contribution in [2.75, 3.05) is 26.4 Å². The number of rotatable bonds is 18. The largest absolute Gasteiger partial charge is 0.481 e. The molecule has 8 aliphatic rings.